The van der Waals surface area contributed by atoms with E-state index in [2.05, 4.69) is 31.0 Å². The van der Waals surface area contributed by atoms with Crippen molar-refractivity contribution in [2.75, 3.05) is 26.2 Å². The highest BCUT2D eigenvalue weighted by molar-refractivity contribution is 4.80. The maximum atomic E-state index is 3.73. The van der Waals surface area contributed by atoms with Crippen molar-refractivity contribution in [3.8, 4) is 0 Å². The van der Waals surface area contributed by atoms with Gasteiger partial charge in [0.1, 0.15) is 0 Å². The van der Waals surface area contributed by atoms with Gasteiger partial charge in [-0.3, -0.25) is 0 Å². The maximum Gasteiger partial charge on any atom is 0.00767 e. The molecule has 2 aliphatic rings. The Hall–Kier alpha value is -0.0800. The molecule has 1 saturated heterocycles. The standard InChI is InChI=1S/C17H34N2/c1-4-17-9-10-19(12-14(2)11-18-17)13-16-8-6-5-7-15(16)3/h14-18H,4-13H2,1-3H3. The Balaban J connectivity index is 1.86. The molecule has 0 aromatic carbocycles. The number of nitrogens with zero attached hydrogens (tertiary/aromatic N) is 1. The highest BCUT2D eigenvalue weighted by Crippen LogP contribution is 2.30. The third-order valence-corrected chi connectivity index (χ3v) is 5.39. The number of nitrogens with one attached hydrogen (secondary N) is 1. The highest BCUT2D eigenvalue weighted by atomic mass is 15.1. The van der Waals surface area contributed by atoms with Crippen molar-refractivity contribution < 1.29 is 0 Å². The molecule has 4 unspecified atom stereocenters. The molecule has 0 aromatic heterocycles. The summed E-state index contributed by atoms with van der Waals surface area (Å²) in [5, 5.41) is 3.73. The van der Waals surface area contributed by atoms with Gasteiger partial charge >= 0.3 is 0 Å². The maximum absolute atomic E-state index is 3.73. The van der Waals surface area contributed by atoms with Gasteiger partial charge in [0.05, 0.1) is 0 Å². The molecule has 0 bridgehead atoms. The molecule has 19 heavy (non-hydrogen) atoms. The lowest BCUT2D eigenvalue weighted by molar-refractivity contribution is 0.130. The minimum absolute atomic E-state index is 0.744. The minimum Gasteiger partial charge on any atom is -0.314 e. The normalized spacial score (nSPS) is 38.7. The molecule has 0 radical (unpaired) electrons. The molecule has 112 valence electrons. The van der Waals surface area contributed by atoms with Gasteiger partial charge in [-0.2, -0.15) is 0 Å². The summed E-state index contributed by atoms with van der Waals surface area (Å²) in [6.07, 6.45) is 8.49. The Bertz CT molecular complexity index is 254. The van der Waals surface area contributed by atoms with Crippen LogP contribution >= 0.6 is 0 Å². The Kier molecular flexibility index (Phi) is 6.15. The van der Waals surface area contributed by atoms with Crippen LogP contribution in [0, 0.1) is 17.8 Å². The zero-order valence-electron chi connectivity index (χ0n) is 13.3. The van der Waals surface area contributed by atoms with Crippen LogP contribution in [-0.2, 0) is 0 Å². The Morgan fingerprint density at radius 3 is 2.63 bits per heavy atom. The molecular formula is C17H34N2. The summed E-state index contributed by atoms with van der Waals surface area (Å²) >= 11 is 0. The molecule has 2 heteroatoms. The first kappa shape index (κ1) is 15.3. The van der Waals surface area contributed by atoms with Gasteiger partial charge in [0.25, 0.3) is 0 Å². The van der Waals surface area contributed by atoms with Gasteiger partial charge in [-0.15, -0.1) is 0 Å². The van der Waals surface area contributed by atoms with E-state index in [9.17, 15) is 0 Å². The first-order valence-corrected chi connectivity index (χ1v) is 8.64. The summed E-state index contributed by atoms with van der Waals surface area (Å²) < 4.78 is 0. The summed E-state index contributed by atoms with van der Waals surface area (Å²) in [4.78, 5) is 2.78. The monoisotopic (exact) mass is 266 g/mol. The predicted octanol–water partition coefficient (Wildman–Crippen LogP) is 3.52. The van der Waals surface area contributed by atoms with Crippen molar-refractivity contribution in [3.05, 3.63) is 0 Å². The molecule has 0 amide bonds. The molecule has 0 aromatic rings. The van der Waals surface area contributed by atoms with Crippen molar-refractivity contribution in [1.29, 1.82) is 0 Å². The Labute approximate surface area is 120 Å². The van der Waals surface area contributed by atoms with Crippen LogP contribution in [0.5, 0.6) is 0 Å². The van der Waals surface area contributed by atoms with E-state index in [4.69, 9.17) is 0 Å². The van der Waals surface area contributed by atoms with Crippen molar-refractivity contribution in [3.63, 3.8) is 0 Å². The summed E-state index contributed by atoms with van der Waals surface area (Å²) in [5.74, 6) is 2.72. The van der Waals surface area contributed by atoms with E-state index >= 15 is 0 Å². The Morgan fingerprint density at radius 1 is 1.11 bits per heavy atom. The van der Waals surface area contributed by atoms with E-state index < -0.39 is 0 Å². The van der Waals surface area contributed by atoms with E-state index in [-0.39, 0.29) is 0 Å². The van der Waals surface area contributed by atoms with E-state index in [0.29, 0.717) is 0 Å². The molecule has 1 aliphatic heterocycles. The number of hydrogen-bond donors (Lipinski definition) is 1. The van der Waals surface area contributed by atoms with E-state index in [1.807, 2.05) is 0 Å². The summed E-state index contributed by atoms with van der Waals surface area (Å²) in [7, 11) is 0. The summed E-state index contributed by atoms with van der Waals surface area (Å²) in [5.41, 5.74) is 0. The lowest BCUT2D eigenvalue weighted by Gasteiger charge is -2.37. The summed E-state index contributed by atoms with van der Waals surface area (Å²) in [6.45, 7) is 12.4. The van der Waals surface area contributed by atoms with Gasteiger partial charge < -0.3 is 10.2 Å². The van der Waals surface area contributed by atoms with Crippen LogP contribution in [0.4, 0.5) is 0 Å². The van der Waals surface area contributed by atoms with Gasteiger partial charge in [0.2, 0.25) is 0 Å². The average molecular weight is 266 g/mol. The van der Waals surface area contributed by atoms with Crippen molar-refractivity contribution in [2.24, 2.45) is 17.8 Å². The van der Waals surface area contributed by atoms with E-state index in [1.54, 1.807) is 0 Å². The number of hydrogen-bond acceptors (Lipinski definition) is 2. The number of rotatable bonds is 3. The quantitative estimate of drug-likeness (QED) is 0.841. The first-order valence-electron chi connectivity index (χ1n) is 8.64. The van der Waals surface area contributed by atoms with Crippen LogP contribution < -0.4 is 5.32 Å². The molecule has 2 fully saturated rings. The smallest absolute Gasteiger partial charge is 0.00767 e. The molecule has 1 heterocycles. The van der Waals surface area contributed by atoms with E-state index in [0.717, 1.165) is 23.8 Å². The fourth-order valence-electron chi connectivity index (χ4n) is 3.92. The SMILES string of the molecule is CCC1CCN(CC2CCCCC2C)CC(C)CN1. The van der Waals surface area contributed by atoms with Gasteiger partial charge in [-0.1, -0.05) is 40.0 Å². The van der Waals surface area contributed by atoms with Gasteiger partial charge in [-0.05, 0) is 50.1 Å². The molecule has 1 aliphatic carbocycles. The lowest BCUT2D eigenvalue weighted by atomic mass is 9.80. The van der Waals surface area contributed by atoms with Crippen molar-refractivity contribution in [1.82, 2.24) is 10.2 Å². The predicted molar refractivity (Wildman–Crippen MR) is 83.4 cm³/mol. The van der Waals surface area contributed by atoms with Crippen LogP contribution in [0.15, 0.2) is 0 Å². The average Bonchev–Trinajstić information content (AvgIpc) is 2.39. The fourth-order valence-corrected chi connectivity index (χ4v) is 3.92. The third kappa shape index (κ3) is 4.75. The van der Waals surface area contributed by atoms with Gasteiger partial charge in [-0.25, -0.2) is 0 Å². The first-order chi connectivity index (χ1) is 9.19. The van der Waals surface area contributed by atoms with Gasteiger partial charge in [0, 0.05) is 19.1 Å². The molecular weight excluding hydrogens is 232 g/mol. The van der Waals surface area contributed by atoms with Crippen LogP contribution in [0.25, 0.3) is 0 Å². The summed E-state index contributed by atoms with van der Waals surface area (Å²) in [6, 6.07) is 0.744. The van der Waals surface area contributed by atoms with Crippen LogP contribution in [0.3, 0.4) is 0 Å². The van der Waals surface area contributed by atoms with Crippen LogP contribution in [0.2, 0.25) is 0 Å². The molecule has 2 nitrogen and oxygen atoms in total. The second-order valence-electron chi connectivity index (χ2n) is 7.19. The Morgan fingerprint density at radius 2 is 1.89 bits per heavy atom. The fraction of sp³-hybridized carbons (Fsp3) is 1.00. The minimum atomic E-state index is 0.744. The third-order valence-electron chi connectivity index (χ3n) is 5.39. The molecule has 4 atom stereocenters. The molecule has 2 rings (SSSR count). The van der Waals surface area contributed by atoms with Crippen molar-refractivity contribution in [2.45, 2.75) is 65.3 Å². The van der Waals surface area contributed by atoms with Gasteiger partial charge in [0.15, 0.2) is 0 Å². The largest absolute Gasteiger partial charge is 0.314 e. The molecule has 1 saturated carbocycles. The highest BCUT2D eigenvalue weighted by Gasteiger charge is 2.25. The van der Waals surface area contributed by atoms with E-state index in [1.165, 1.54) is 64.7 Å². The second kappa shape index (κ2) is 7.64. The lowest BCUT2D eigenvalue weighted by Crippen LogP contribution is -2.45. The second-order valence-corrected chi connectivity index (χ2v) is 7.19. The van der Waals surface area contributed by atoms with Crippen LogP contribution in [-0.4, -0.2) is 37.1 Å². The zero-order valence-corrected chi connectivity index (χ0v) is 13.3. The molecule has 1 N–H and O–H groups in total. The molecule has 0 spiro atoms. The topological polar surface area (TPSA) is 15.3 Å². The van der Waals surface area contributed by atoms with Crippen LogP contribution in [0.1, 0.15) is 59.3 Å². The zero-order chi connectivity index (χ0) is 13.7. The van der Waals surface area contributed by atoms with Crippen molar-refractivity contribution >= 4 is 0 Å².